The molecule has 4 aromatic heterocycles. The number of hydrogen-bond acceptors (Lipinski definition) is 5. The fourth-order valence-corrected chi connectivity index (χ4v) is 7.47. The number of aromatic nitrogens is 5. The number of fused-ring (bicyclic) bond motifs is 4. The van der Waals surface area contributed by atoms with E-state index in [1.807, 2.05) is 44.3 Å². The average molecular weight is 554 g/mol. The van der Waals surface area contributed by atoms with Crippen LogP contribution in [0.15, 0.2) is 72.0 Å². The van der Waals surface area contributed by atoms with Crippen molar-refractivity contribution in [2.24, 2.45) is 7.05 Å². The van der Waals surface area contributed by atoms with Gasteiger partial charge in [0.1, 0.15) is 17.3 Å². The number of benzene rings is 2. The van der Waals surface area contributed by atoms with Gasteiger partial charge in [-0.05, 0) is 56.2 Å². The second-order valence-corrected chi connectivity index (χ2v) is 12.6. The summed E-state index contributed by atoms with van der Waals surface area (Å²) in [6.45, 7) is 1.94. The zero-order valence-corrected chi connectivity index (χ0v) is 23.6. The Morgan fingerprint density at radius 1 is 0.950 bits per heavy atom. The van der Waals surface area contributed by atoms with Gasteiger partial charge in [0.2, 0.25) is 0 Å². The molecule has 4 heterocycles. The van der Waals surface area contributed by atoms with Crippen LogP contribution in [-0.4, -0.2) is 38.4 Å². The summed E-state index contributed by atoms with van der Waals surface area (Å²) in [6.07, 6.45) is 11.2. The molecule has 9 heteroatoms. The molecule has 8 nitrogen and oxygen atoms in total. The van der Waals surface area contributed by atoms with Crippen molar-refractivity contribution in [3.8, 4) is 17.0 Å². The second-order valence-electron chi connectivity index (χ2n) is 10.8. The van der Waals surface area contributed by atoms with Gasteiger partial charge in [-0.3, -0.25) is 4.40 Å². The van der Waals surface area contributed by atoms with Gasteiger partial charge in [0.15, 0.2) is 5.65 Å². The highest BCUT2D eigenvalue weighted by molar-refractivity contribution is 7.90. The maximum absolute atomic E-state index is 13.7. The third-order valence-corrected chi connectivity index (χ3v) is 9.97. The Hall–Kier alpha value is -4.11. The summed E-state index contributed by atoms with van der Waals surface area (Å²) in [6, 6.07) is 14.8. The second kappa shape index (κ2) is 9.23. The first-order chi connectivity index (χ1) is 19.4. The lowest BCUT2D eigenvalue weighted by Crippen LogP contribution is -2.13. The van der Waals surface area contributed by atoms with E-state index in [9.17, 15) is 8.42 Å². The van der Waals surface area contributed by atoms with Gasteiger partial charge in [0.05, 0.1) is 29.2 Å². The molecule has 0 atom stereocenters. The molecule has 40 heavy (non-hydrogen) atoms. The maximum atomic E-state index is 13.7. The highest BCUT2D eigenvalue weighted by Crippen LogP contribution is 2.40. The summed E-state index contributed by atoms with van der Waals surface area (Å²) in [5.41, 5.74) is 5.95. The van der Waals surface area contributed by atoms with Crippen molar-refractivity contribution in [2.45, 2.75) is 49.8 Å². The van der Waals surface area contributed by atoms with E-state index in [2.05, 4.69) is 21.2 Å². The van der Waals surface area contributed by atoms with Crippen LogP contribution in [0.3, 0.4) is 0 Å². The molecule has 1 aliphatic carbocycles. The zero-order chi connectivity index (χ0) is 27.6. The minimum atomic E-state index is -3.82. The Balaban J connectivity index is 1.49. The molecule has 1 fully saturated rings. The molecule has 2 aromatic carbocycles. The number of hydrogen-bond donors (Lipinski definition) is 0. The summed E-state index contributed by atoms with van der Waals surface area (Å²) in [5, 5.41) is 1.05. The molecule has 7 rings (SSSR count). The molecule has 0 aliphatic heterocycles. The van der Waals surface area contributed by atoms with Gasteiger partial charge >= 0.3 is 0 Å². The van der Waals surface area contributed by atoms with Gasteiger partial charge in [-0.1, -0.05) is 37.0 Å². The van der Waals surface area contributed by atoms with Crippen LogP contribution in [0.1, 0.15) is 49.4 Å². The van der Waals surface area contributed by atoms with Crippen LogP contribution in [0.5, 0.6) is 5.75 Å². The molecule has 6 aromatic rings. The molecule has 0 saturated heterocycles. The lowest BCUT2D eigenvalue weighted by molar-refractivity contribution is 0.415. The van der Waals surface area contributed by atoms with E-state index in [0.717, 1.165) is 76.0 Å². The fraction of sp³-hybridized carbons (Fsp3) is 0.290. The minimum Gasteiger partial charge on any atom is -0.497 e. The maximum Gasteiger partial charge on any atom is 0.269 e. The molecule has 0 spiro atoms. The van der Waals surface area contributed by atoms with E-state index in [0.29, 0.717) is 11.6 Å². The number of methoxy groups -OCH3 is 1. The third kappa shape index (κ3) is 3.75. The Morgan fingerprint density at radius 2 is 1.73 bits per heavy atom. The molecule has 0 bridgehead atoms. The fourth-order valence-electron chi connectivity index (χ4n) is 6.18. The van der Waals surface area contributed by atoms with E-state index in [-0.39, 0.29) is 4.90 Å². The summed E-state index contributed by atoms with van der Waals surface area (Å²) in [4.78, 5) is 10.3. The topological polar surface area (TPSA) is 83.4 Å². The lowest BCUT2D eigenvalue weighted by Gasteiger charge is -2.20. The average Bonchev–Trinajstić information content (AvgIpc) is 3.67. The van der Waals surface area contributed by atoms with Crippen molar-refractivity contribution in [1.82, 2.24) is 22.9 Å². The summed E-state index contributed by atoms with van der Waals surface area (Å²) in [7, 11) is -0.114. The van der Waals surface area contributed by atoms with Gasteiger partial charge in [-0.2, -0.15) is 0 Å². The molecule has 0 N–H and O–H groups in total. The Labute approximate surface area is 232 Å². The van der Waals surface area contributed by atoms with Crippen molar-refractivity contribution in [3.05, 3.63) is 78.5 Å². The zero-order valence-electron chi connectivity index (χ0n) is 22.8. The Morgan fingerprint density at radius 3 is 2.48 bits per heavy atom. The van der Waals surface area contributed by atoms with Crippen molar-refractivity contribution in [1.29, 1.82) is 0 Å². The van der Waals surface area contributed by atoms with Crippen molar-refractivity contribution >= 4 is 37.6 Å². The monoisotopic (exact) mass is 553 g/mol. The minimum absolute atomic E-state index is 0.237. The van der Waals surface area contributed by atoms with Crippen LogP contribution in [-0.2, 0) is 17.1 Å². The van der Waals surface area contributed by atoms with E-state index in [4.69, 9.17) is 14.7 Å². The first-order valence-electron chi connectivity index (χ1n) is 13.7. The highest BCUT2D eigenvalue weighted by atomic mass is 32.2. The predicted molar refractivity (Wildman–Crippen MR) is 157 cm³/mol. The molecule has 1 saturated carbocycles. The van der Waals surface area contributed by atoms with Crippen LogP contribution in [0.2, 0.25) is 0 Å². The van der Waals surface area contributed by atoms with E-state index in [1.165, 1.54) is 10.4 Å². The Bertz CT molecular complexity index is 2010. The lowest BCUT2D eigenvalue weighted by atomic mass is 9.89. The largest absolute Gasteiger partial charge is 0.497 e. The Kier molecular flexibility index (Phi) is 5.75. The summed E-state index contributed by atoms with van der Waals surface area (Å²) in [5.74, 6) is 2.06. The summed E-state index contributed by atoms with van der Waals surface area (Å²) >= 11 is 0. The normalized spacial score (nSPS) is 15.0. The van der Waals surface area contributed by atoms with Crippen LogP contribution < -0.4 is 4.74 Å². The van der Waals surface area contributed by atoms with Crippen molar-refractivity contribution in [2.75, 3.05) is 7.11 Å². The van der Waals surface area contributed by atoms with Gasteiger partial charge in [-0.25, -0.2) is 22.4 Å². The van der Waals surface area contributed by atoms with Gasteiger partial charge in [0, 0.05) is 41.8 Å². The molecule has 0 radical (unpaired) electrons. The van der Waals surface area contributed by atoms with Crippen LogP contribution in [0.4, 0.5) is 0 Å². The quantitative estimate of drug-likeness (QED) is 0.245. The molecular formula is C31H31N5O3S. The standard InChI is InChI=1S/C31H31N5O3S/c1-20-9-12-23(13-10-20)40(37,38)35-16-15-27-31(35)32-18-28-29(33-30(36(27)28)21-7-5-4-6-8-21)25-19-34(2)26-14-11-22(39-3)17-24(25)26/h9-19,21H,4-8H2,1-3H3. The first kappa shape index (κ1) is 24.9. The number of imidazole rings is 1. The van der Waals surface area contributed by atoms with Gasteiger partial charge in [0.25, 0.3) is 10.0 Å². The number of ether oxygens (including phenoxy) is 1. The molecule has 204 valence electrons. The molecular weight excluding hydrogens is 522 g/mol. The van der Waals surface area contributed by atoms with Crippen molar-refractivity contribution < 1.29 is 13.2 Å². The number of aryl methyl sites for hydroxylation is 2. The number of rotatable bonds is 5. The van der Waals surface area contributed by atoms with Gasteiger partial charge in [-0.15, -0.1) is 0 Å². The SMILES string of the molecule is COc1ccc2c(c1)c(-c1nc(C3CCCCC3)n3c1cnc1c3ccn1S(=O)(=O)c1ccc(C)cc1)cn2C. The smallest absolute Gasteiger partial charge is 0.269 e. The number of nitrogens with zero attached hydrogens (tertiary/aromatic N) is 5. The molecule has 0 unspecified atom stereocenters. The van der Waals surface area contributed by atoms with Gasteiger partial charge < -0.3 is 9.30 Å². The third-order valence-electron chi connectivity index (χ3n) is 8.29. The molecule has 1 aliphatic rings. The highest BCUT2D eigenvalue weighted by Gasteiger charge is 2.28. The van der Waals surface area contributed by atoms with E-state index in [1.54, 1.807) is 31.6 Å². The van der Waals surface area contributed by atoms with Crippen LogP contribution in [0.25, 0.3) is 38.8 Å². The van der Waals surface area contributed by atoms with E-state index < -0.39 is 10.0 Å². The van der Waals surface area contributed by atoms with Crippen LogP contribution in [0, 0.1) is 6.92 Å². The predicted octanol–water partition coefficient (Wildman–Crippen LogP) is 6.44. The van der Waals surface area contributed by atoms with Crippen molar-refractivity contribution in [3.63, 3.8) is 0 Å². The summed E-state index contributed by atoms with van der Waals surface area (Å²) < 4.78 is 38.4. The molecule has 0 amide bonds. The first-order valence-corrected chi connectivity index (χ1v) is 15.1. The van der Waals surface area contributed by atoms with Crippen LogP contribution >= 0.6 is 0 Å². The van der Waals surface area contributed by atoms with E-state index >= 15 is 0 Å².